The Hall–Kier alpha value is -2.00. The summed E-state index contributed by atoms with van der Waals surface area (Å²) < 4.78 is 5.37. The Labute approximate surface area is 117 Å². The molecule has 0 saturated heterocycles. The Morgan fingerprint density at radius 1 is 1.21 bits per heavy atom. The van der Waals surface area contributed by atoms with Crippen LogP contribution in [0.2, 0.25) is 5.02 Å². The predicted octanol–water partition coefficient (Wildman–Crippen LogP) is 4.18. The van der Waals surface area contributed by atoms with Crippen LogP contribution in [0.5, 0.6) is 5.75 Å². The van der Waals surface area contributed by atoms with Crippen LogP contribution in [-0.2, 0) is 0 Å². The molecule has 0 radical (unpaired) electrons. The summed E-state index contributed by atoms with van der Waals surface area (Å²) >= 11 is 5.88. The van der Waals surface area contributed by atoms with E-state index in [-0.39, 0.29) is 0 Å². The van der Waals surface area contributed by atoms with Gasteiger partial charge in [-0.2, -0.15) is 5.10 Å². The third-order valence-electron chi connectivity index (χ3n) is 2.42. The molecule has 0 atom stereocenters. The lowest BCUT2D eigenvalue weighted by atomic mass is 10.2. The van der Waals surface area contributed by atoms with E-state index >= 15 is 0 Å². The van der Waals surface area contributed by atoms with Crippen LogP contribution in [0.25, 0.3) is 0 Å². The number of nitrogens with one attached hydrogen (secondary N) is 1. The lowest BCUT2D eigenvalue weighted by molar-refractivity contribution is 0.340. The second-order valence-electron chi connectivity index (χ2n) is 3.88. The van der Waals surface area contributed by atoms with Gasteiger partial charge in [0.15, 0.2) is 0 Å². The number of ether oxygens (including phenoxy) is 1. The zero-order chi connectivity index (χ0) is 13.5. The Kier molecular flexibility index (Phi) is 4.81. The molecule has 2 aromatic rings. The van der Waals surface area contributed by atoms with Gasteiger partial charge in [0.2, 0.25) is 0 Å². The average molecular weight is 275 g/mol. The summed E-state index contributed by atoms with van der Waals surface area (Å²) in [6, 6.07) is 15.2. The van der Waals surface area contributed by atoms with Gasteiger partial charge in [0.25, 0.3) is 0 Å². The van der Waals surface area contributed by atoms with E-state index < -0.39 is 0 Å². The molecule has 98 valence electrons. The number of anilines is 1. The van der Waals surface area contributed by atoms with Crippen LogP contribution < -0.4 is 10.2 Å². The van der Waals surface area contributed by atoms with E-state index in [0.717, 1.165) is 17.0 Å². The normalized spacial score (nSPS) is 10.6. The van der Waals surface area contributed by atoms with E-state index in [0.29, 0.717) is 11.6 Å². The van der Waals surface area contributed by atoms with E-state index in [1.165, 1.54) is 0 Å². The Bertz CT molecular complexity index is 552. The van der Waals surface area contributed by atoms with Gasteiger partial charge < -0.3 is 4.74 Å². The van der Waals surface area contributed by atoms with E-state index in [1.54, 1.807) is 6.21 Å². The number of benzene rings is 2. The molecule has 2 aromatic carbocycles. The second kappa shape index (κ2) is 6.81. The molecule has 0 amide bonds. The molecule has 2 rings (SSSR count). The fourth-order valence-electron chi connectivity index (χ4n) is 1.56. The van der Waals surface area contributed by atoms with Crippen LogP contribution in [0.1, 0.15) is 12.5 Å². The van der Waals surface area contributed by atoms with E-state index in [4.69, 9.17) is 16.3 Å². The van der Waals surface area contributed by atoms with Crippen molar-refractivity contribution in [3.8, 4) is 5.75 Å². The van der Waals surface area contributed by atoms with Crippen molar-refractivity contribution < 1.29 is 4.74 Å². The molecule has 0 spiro atoms. The quantitative estimate of drug-likeness (QED) is 0.655. The fraction of sp³-hybridized carbons (Fsp3) is 0.133. The molecule has 0 aromatic heterocycles. The summed E-state index contributed by atoms with van der Waals surface area (Å²) in [5.74, 6) is 0.863. The average Bonchev–Trinajstić information content (AvgIpc) is 2.41. The van der Waals surface area contributed by atoms with Gasteiger partial charge >= 0.3 is 0 Å². The van der Waals surface area contributed by atoms with Gasteiger partial charge in [0.05, 0.1) is 18.5 Å². The number of hydrogen-bond donors (Lipinski definition) is 1. The Morgan fingerprint density at radius 2 is 2.00 bits per heavy atom. The first-order valence-electron chi connectivity index (χ1n) is 6.05. The van der Waals surface area contributed by atoms with Crippen molar-refractivity contribution in [3.63, 3.8) is 0 Å². The number of rotatable bonds is 5. The maximum Gasteiger partial charge on any atom is 0.119 e. The monoisotopic (exact) mass is 274 g/mol. The molecular formula is C15H15ClN2O. The van der Waals surface area contributed by atoms with Crippen LogP contribution in [-0.4, -0.2) is 12.8 Å². The van der Waals surface area contributed by atoms with Gasteiger partial charge in [-0.25, -0.2) is 0 Å². The van der Waals surface area contributed by atoms with Crippen molar-refractivity contribution in [3.05, 3.63) is 59.1 Å². The largest absolute Gasteiger partial charge is 0.494 e. The first kappa shape index (κ1) is 13.4. The van der Waals surface area contributed by atoms with Gasteiger partial charge in [-0.15, -0.1) is 0 Å². The summed E-state index contributed by atoms with van der Waals surface area (Å²) in [4.78, 5) is 0. The Morgan fingerprint density at radius 3 is 2.68 bits per heavy atom. The van der Waals surface area contributed by atoms with Crippen LogP contribution in [0.3, 0.4) is 0 Å². The molecule has 0 saturated carbocycles. The highest BCUT2D eigenvalue weighted by molar-refractivity contribution is 6.30. The third-order valence-corrected chi connectivity index (χ3v) is 2.66. The van der Waals surface area contributed by atoms with Crippen molar-refractivity contribution >= 4 is 23.5 Å². The first-order chi connectivity index (χ1) is 9.28. The molecule has 0 heterocycles. The van der Waals surface area contributed by atoms with Gasteiger partial charge in [-0.1, -0.05) is 17.7 Å². The minimum absolute atomic E-state index is 0.670. The molecule has 19 heavy (non-hydrogen) atoms. The number of hydrogen-bond acceptors (Lipinski definition) is 3. The molecular weight excluding hydrogens is 260 g/mol. The summed E-state index contributed by atoms with van der Waals surface area (Å²) in [6.45, 7) is 2.63. The van der Waals surface area contributed by atoms with Crippen LogP contribution in [0.4, 0.5) is 5.69 Å². The minimum Gasteiger partial charge on any atom is -0.494 e. The smallest absolute Gasteiger partial charge is 0.119 e. The molecule has 0 aliphatic carbocycles. The van der Waals surface area contributed by atoms with E-state index in [1.807, 2.05) is 55.5 Å². The highest BCUT2D eigenvalue weighted by Gasteiger charge is 1.93. The molecule has 0 unspecified atom stereocenters. The zero-order valence-electron chi connectivity index (χ0n) is 10.6. The summed E-state index contributed by atoms with van der Waals surface area (Å²) in [7, 11) is 0. The summed E-state index contributed by atoms with van der Waals surface area (Å²) in [5, 5.41) is 4.84. The summed E-state index contributed by atoms with van der Waals surface area (Å²) in [5.41, 5.74) is 4.78. The third kappa shape index (κ3) is 4.30. The molecule has 0 aliphatic rings. The molecule has 0 aliphatic heterocycles. The maximum absolute atomic E-state index is 5.88. The van der Waals surface area contributed by atoms with Crippen molar-refractivity contribution in [2.75, 3.05) is 12.0 Å². The maximum atomic E-state index is 5.88. The van der Waals surface area contributed by atoms with Gasteiger partial charge in [-0.05, 0) is 55.0 Å². The fourth-order valence-corrected chi connectivity index (χ4v) is 1.75. The van der Waals surface area contributed by atoms with Crippen molar-refractivity contribution in [2.24, 2.45) is 5.10 Å². The molecule has 3 nitrogen and oxygen atoms in total. The van der Waals surface area contributed by atoms with E-state index in [9.17, 15) is 0 Å². The standard InChI is InChI=1S/C15H15ClN2O/c1-2-19-15-8-6-12(7-9-15)11-17-18-14-5-3-4-13(16)10-14/h3-11,18H,2H2,1H3. The number of halogens is 1. The van der Waals surface area contributed by atoms with Crippen LogP contribution in [0.15, 0.2) is 53.6 Å². The lowest BCUT2D eigenvalue weighted by Crippen LogP contribution is -1.92. The summed E-state index contributed by atoms with van der Waals surface area (Å²) in [6.07, 6.45) is 1.75. The van der Waals surface area contributed by atoms with Crippen LogP contribution in [0, 0.1) is 0 Å². The highest BCUT2D eigenvalue weighted by Crippen LogP contribution is 2.15. The van der Waals surface area contributed by atoms with E-state index in [2.05, 4.69) is 10.5 Å². The topological polar surface area (TPSA) is 33.6 Å². The van der Waals surface area contributed by atoms with Gasteiger partial charge in [0.1, 0.15) is 5.75 Å². The molecule has 1 N–H and O–H groups in total. The molecule has 4 heteroatoms. The highest BCUT2D eigenvalue weighted by atomic mass is 35.5. The van der Waals surface area contributed by atoms with Crippen LogP contribution >= 0.6 is 11.6 Å². The Balaban J connectivity index is 1.95. The van der Waals surface area contributed by atoms with Crippen molar-refractivity contribution in [1.82, 2.24) is 0 Å². The van der Waals surface area contributed by atoms with Crippen molar-refractivity contribution in [1.29, 1.82) is 0 Å². The SMILES string of the molecule is CCOc1ccc(C=NNc2cccc(Cl)c2)cc1. The number of nitrogens with zero attached hydrogens (tertiary/aromatic N) is 1. The van der Waals surface area contributed by atoms with Crippen molar-refractivity contribution in [2.45, 2.75) is 6.92 Å². The first-order valence-corrected chi connectivity index (χ1v) is 6.43. The predicted molar refractivity (Wildman–Crippen MR) is 80.3 cm³/mol. The molecule has 0 bridgehead atoms. The molecule has 0 fully saturated rings. The number of hydrazone groups is 1. The second-order valence-corrected chi connectivity index (χ2v) is 4.32. The lowest BCUT2D eigenvalue weighted by Gasteiger charge is -2.02. The zero-order valence-corrected chi connectivity index (χ0v) is 11.4. The minimum atomic E-state index is 0.670. The van der Waals surface area contributed by atoms with Gasteiger partial charge in [0, 0.05) is 5.02 Å². The van der Waals surface area contributed by atoms with Gasteiger partial charge in [-0.3, -0.25) is 5.43 Å².